The van der Waals surface area contributed by atoms with Crippen LogP contribution >= 0.6 is 0 Å². The van der Waals surface area contributed by atoms with Crippen LogP contribution in [0.3, 0.4) is 0 Å². The largest absolute Gasteiger partial charge is 0.710 e. The zero-order chi connectivity index (χ0) is 14.6. The molecule has 0 N–H and O–H groups in total. The number of carbonyl (C=O) groups is 1. The van der Waals surface area contributed by atoms with E-state index in [0.29, 0.717) is 0 Å². The van der Waals surface area contributed by atoms with Crippen LogP contribution in [0.5, 0.6) is 0 Å². The molecule has 1 rings (SSSR count). The lowest BCUT2D eigenvalue weighted by Crippen LogP contribution is -2.38. The quantitative estimate of drug-likeness (QED) is 0.248. The Morgan fingerprint density at radius 2 is 2.26 bits per heavy atom. The summed E-state index contributed by atoms with van der Waals surface area (Å²) < 4.78 is 4.76. The number of nitriles is 1. The van der Waals surface area contributed by atoms with Crippen LogP contribution in [0.25, 0.3) is 0 Å². The van der Waals surface area contributed by atoms with Gasteiger partial charge in [-0.1, -0.05) is 0 Å². The maximum Gasteiger partial charge on any atom is 0.380 e. The molecule has 8 nitrogen and oxygen atoms in total. The summed E-state index contributed by atoms with van der Waals surface area (Å²) in [6.07, 6.45) is 1.34. The summed E-state index contributed by atoms with van der Waals surface area (Å²) in [5, 5.41) is 21.0. The summed E-state index contributed by atoms with van der Waals surface area (Å²) in [5.74, 6) is -1.08. The Bertz CT molecular complexity index is 575. The Hall–Kier alpha value is -2.69. The molecular weight excluding hydrogens is 250 g/mol. The third kappa shape index (κ3) is 2.95. The van der Waals surface area contributed by atoms with E-state index in [-0.39, 0.29) is 27.6 Å². The van der Waals surface area contributed by atoms with Gasteiger partial charge in [-0.2, -0.15) is 5.26 Å². The van der Waals surface area contributed by atoms with Crippen molar-refractivity contribution in [3.05, 3.63) is 22.3 Å². The molecule has 0 bridgehead atoms. The Morgan fingerprint density at radius 3 is 2.74 bits per heavy atom. The van der Waals surface area contributed by atoms with Gasteiger partial charge in [-0.15, -0.1) is 0 Å². The first kappa shape index (κ1) is 14.4. The van der Waals surface area contributed by atoms with E-state index in [0.717, 1.165) is 7.11 Å². The Labute approximate surface area is 110 Å². The maximum absolute atomic E-state index is 12.1. The van der Waals surface area contributed by atoms with Crippen LogP contribution in [0.2, 0.25) is 0 Å². The van der Waals surface area contributed by atoms with Crippen molar-refractivity contribution >= 4 is 18.1 Å². The van der Waals surface area contributed by atoms with E-state index in [4.69, 9.17) is 5.26 Å². The van der Waals surface area contributed by atoms with Crippen LogP contribution in [-0.4, -0.2) is 43.4 Å². The summed E-state index contributed by atoms with van der Waals surface area (Å²) in [4.78, 5) is 20.8. The molecule has 0 aliphatic rings. The molecule has 0 atom stereocenters. The van der Waals surface area contributed by atoms with Crippen molar-refractivity contribution in [1.29, 1.82) is 5.26 Å². The summed E-state index contributed by atoms with van der Waals surface area (Å²) in [6, 6.07) is 1.77. The fraction of sp³-hybridized carbons (Fsp3) is 0.364. The topological polar surface area (TPSA) is 106 Å². The third-order valence-corrected chi connectivity index (χ3v) is 2.13. The van der Waals surface area contributed by atoms with Gasteiger partial charge in [0.2, 0.25) is 17.7 Å². The molecule has 100 valence electrons. The number of ether oxygens (including phenoxy) is 1. The number of hydrogen-bond acceptors (Lipinski definition) is 6. The zero-order valence-corrected chi connectivity index (χ0v) is 11.0. The van der Waals surface area contributed by atoms with Crippen LogP contribution in [0.1, 0.15) is 21.9 Å². The molecule has 0 fully saturated rings. The van der Waals surface area contributed by atoms with Crippen molar-refractivity contribution in [2.24, 2.45) is 4.99 Å². The summed E-state index contributed by atoms with van der Waals surface area (Å²) in [5.41, 5.74) is -0.326. The van der Waals surface area contributed by atoms with E-state index >= 15 is 0 Å². The summed E-state index contributed by atoms with van der Waals surface area (Å²) in [7, 11) is 4.56. The van der Waals surface area contributed by atoms with Gasteiger partial charge < -0.3 is 14.8 Å². The summed E-state index contributed by atoms with van der Waals surface area (Å²) in [6.45, 7) is 1.45. The van der Waals surface area contributed by atoms with E-state index in [9.17, 15) is 10.0 Å². The van der Waals surface area contributed by atoms with Crippen molar-refractivity contribution in [1.82, 2.24) is 9.88 Å². The number of carbonyl (C=O) groups excluding carboxylic acids is 1. The Kier molecular flexibility index (Phi) is 4.36. The third-order valence-electron chi connectivity index (χ3n) is 2.13. The number of hydrogen-bond donors (Lipinski definition) is 0. The highest BCUT2D eigenvalue weighted by molar-refractivity contribution is 5.87. The lowest BCUT2D eigenvalue weighted by molar-refractivity contribution is -0.595. The minimum Gasteiger partial charge on any atom is -0.710 e. The van der Waals surface area contributed by atoms with Gasteiger partial charge in [0, 0.05) is 14.1 Å². The molecule has 1 aromatic heterocycles. The highest BCUT2D eigenvalue weighted by Crippen LogP contribution is 2.14. The molecule has 0 amide bonds. The molecule has 8 heteroatoms. The molecule has 1 aromatic rings. The smallest absolute Gasteiger partial charge is 0.380 e. The molecule has 0 radical (unpaired) electrons. The standard InChI is InChI=1S/C11H13N5O3/c1-7-9(11(17)19-4)16(18)10(8(5-12)14-7)13-6-15(2)3/h6H,1-4H3. The van der Waals surface area contributed by atoms with Crippen LogP contribution in [0.15, 0.2) is 4.99 Å². The maximum atomic E-state index is 12.1. The van der Waals surface area contributed by atoms with Crippen LogP contribution in [0.4, 0.5) is 5.82 Å². The second-order valence-corrected chi connectivity index (χ2v) is 3.82. The second-order valence-electron chi connectivity index (χ2n) is 3.82. The molecule has 0 aliphatic carbocycles. The zero-order valence-electron chi connectivity index (χ0n) is 11.0. The van der Waals surface area contributed by atoms with Gasteiger partial charge in [0.1, 0.15) is 6.07 Å². The molecule has 0 spiro atoms. The highest BCUT2D eigenvalue weighted by atomic mass is 16.5. The number of aryl methyl sites for hydroxylation is 1. The van der Waals surface area contributed by atoms with Crippen LogP contribution in [0, 0.1) is 23.5 Å². The highest BCUT2D eigenvalue weighted by Gasteiger charge is 2.25. The SMILES string of the molecule is COC(=O)c1c(C)nc(C#N)c(N=CN(C)C)[n+]1[O-]. The van der Waals surface area contributed by atoms with E-state index in [1.54, 1.807) is 25.1 Å². The van der Waals surface area contributed by atoms with Gasteiger partial charge in [0.25, 0.3) is 0 Å². The van der Waals surface area contributed by atoms with E-state index < -0.39 is 5.97 Å². The van der Waals surface area contributed by atoms with Gasteiger partial charge >= 0.3 is 11.8 Å². The van der Waals surface area contributed by atoms with E-state index in [1.807, 2.05) is 0 Å². The van der Waals surface area contributed by atoms with Crippen LogP contribution < -0.4 is 4.73 Å². The minimum atomic E-state index is -0.828. The summed E-state index contributed by atoms with van der Waals surface area (Å²) >= 11 is 0. The van der Waals surface area contributed by atoms with Gasteiger partial charge in [-0.3, -0.25) is 0 Å². The second kappa shape index (κ2) is 5.77. The number of methoxy groups -OCH3 is 1. The average Bonchev–Trinajstić information content (AvgIpc) is 2.36. The first-order valence-corrected chi connectivity index (χ1v) is 5.25. The van der Waals surface area contributed by atoms with Crippen molar-refractivity contribution < 1.29 is 14.3 Å². The fourth-order valence-electron chi connectivity index (χ4n) is 1.31. The molecule has 0 unspecified atom stereocenters. The van der Waals surface area contributed by atoms with Gasteiger partial charge in [0.05, 0.1) is 12.8 Å². The lowest BCUT2D eigenvalue weighted by Gasteiger charge is -2.11. The molecule has 0 saturated heterocycles. The van der Waals surface area contributed by atoms with Gasteiger partial charge in [-0.25, -0.2) is 14.5 Å². The Morgan fingerprint density at radius 1 is 1.63 bits per heavy atom. The van der Waals surface area contributed by atoms with Gasteiger partial charge in [0.15, 0.2) is 0 Å². The first-order valence-electron chi connectivity index (χ1n) is 5.25. The molecule has 1 heterocycles. The van der Waals surface area contributed by atoms with Crippen molar-refractivity contribution in [2.45, 2.75) is 6.92 Å². The van der Waals surface area contributed by atoms with E-state index in [1.165, 1.54) is 13.3 Å². The molecular formula is C11H13N5O3. The van der Waals surface area contributed by atoms with Gasteiger partial charge in [-0.05, 0) is 11.9 Å². The molecule has 19 heavy (non-hydrogen) atoms. The minimum absolute atomic E-state index is 0.113. The normalized spacial score (nSPS) is 10.3. The lowest BCUT2D eigenvalue weighted by atomic mass is 10.3. The number of rotatable bonds is 3. The molecule has 0 saturated carbocycles. The number of esters is 1. The molecule has 0 aromatic carbocycles. The van der Waals surface area contributed by atoms with Crippen molar-refractivity contribution in [2.75, 3.05) is 21.2 Å². The molecule has 0 aliphatic heterocycles. The van der Waals surface area contributed by atoms with Crippen molar-refractivity contribution in [3.63, 3.8) is 0 Å². The van der Waals surface area contributed by atoms with Crippen molar-refractivity contribution in [3.8, 4) is 6.07 Å². The first-order chi connectivity index (χ1) is 8.92. The number of aliphatic imine (C=N–C) groups is 1. The predicted molar refractivity (Wildman–Crippen MR) is 65.8 cm³/mol. The predicted octanol–water partition coefficient (Wildman–Crippen LogP) is -0.0969. The van der Waals surface area contributed by atoms with E-state index in [2.05, 4.69) is 14.7 Å². The monoisotopic (exact) mass is 263 g/mol. The van der Waals surface area contributed by atoms with Crippen LogP contribution in [-0.2, 0) is 4.74 Å². The average molecular weight is 263 g/mol. The Balaban J connectivity index is 3.52. The fourth-order valence-corrected chi connectivity index (χ4v) is 1.31. The number of nitrogens with zero attached hydrogens (tertiary/aromatic N) is 5. The number of aromatic nitrogens is 2.